The van der Waals surface area contributed by atoms with Crippen LogP contribution in [0.1, 0.15) is 43.7 Å². The third-order valence-electron chi connectivity index (χ3n) is 4.23. The van der Waals surface area contributed by atoms with Crippen LogP contribution in [0.5, 0.6) is 0 Å². The summed E-state index contributed by atoms with van der Waals surface area (Å²) < 4.78 is 23.3. The van der Waals surface area contributed by atoms with Crippen molar-refractivity contribution in [1.82, 2.24) is 5.32 Å². The highest BCUT2D eigenvalue weighted by Gasteiger charge is 2.29. The molecule has 0 aliphatic heterocycles. The van der Waals surface area contributed by atoms with Gasteiger partial charge in [-0.05, 0) is 24.8 Å². The second-order valence-corrected chi connectivity index (χ2v) is 8.43. The monoisotopic (exact) mass is 324 g/mol. The van der Waals surface area contributed by atoms with Crippen LogP contribution in [-0.4, -0.2) is 31.9 Å². The molecule has 0 saturated heterocycles. The van der Waals surface area contributed by atoms with Gasteiger partial charge < -0.3 is 11.1 Å². The van der Waals surface area contributed by atoms with Gasteiger partial charge in [0.2, 0.25) is 5.91 Å². The van der Waals surface area contributed by atoms with Crippen molar-refractivity contribution in [2.75, 3.05) is 6.26 Å². The van der Waals surface area contributed by atoms with Gasteiger partial charge in [-0.3, -0.25) is 4.79 Å². The molecule has 0 heterocycles. The number of benzene rings is 1. The molecular weight excluding hydrogens is 300 g/mol. The molecule has 1 aliphatic carbocycles. The van der Waals surface area contributed by atoms with Crippen molar-refractivity contribution in [2.45, 2.75) is 49.4 Å². The number of nitrogens with one attached hydrogen (secondary N) is 1. The maximum atomic E-state index is 12.1. The van der Waals surface area contributed by atoms with E-state index in [0.29, 0.717) is 12.8 Å². The molecule has 0 radical (unpaired) electrons. The molecule has 0 bridgehead atoms. The Balaban J connectivity index is 1.87. The third kappa shape index (κ3) is 4.81. The van der Waals surface area contributed by atoms with Crippen molar-refractivity contribution in [3.05, 3.63) is 35.9 Å². The molecule has 1 aliphatic rings. The van der Waals surface area contributed by atoms with Gasteiger partial charge in [-0.1, -0.05) is 36.8 Å². The van der Waals surface area contributed by atoms with Gasteiger partial charge in [0.05, 0.1) is 5.25 Å². The highest BCUT2D eigenvalue weighted by molar-refractivity contribution is 7.91. The van der Waals surface area contributed by atoms with Gasteiger partial charge in [0.1, 0.15) is 9.84 Å². The number of nitrogens with two attached hydrogens (primary N) is 1. The first-order chi connectivity index (χ1) is 10.4. The fraction of sp³-hybridized carbons (Fsp3) is 0.562. The molecule has 0 spiro atoms. The summed E-state index contributed by atoms with van der Waals surface area (Å²) in [5, 5.41) is 2.60. The van der Waals surface area contributed by atoms with E-state index in [1.807, 2.05) is 30.3 Å². The van der Waals surface area contributed by atoms with Crippen LogP contribution in [0.15, 0.2) is 30.3 Å². The Morgan fingerprint density at radius 3 is 2.64 bits per heavy atom. The zero-order valence-corrected chi connectivity index (χ0v) is 13.7. The van der Waals surface area contributed by atoms with Crippen LogP contribution in [0.4, 0.5) is 0 Å². The summed E-state index contributed by atoms with van der Waals surface area (Å²) >= 11 is 0. The average molecular weight is 324 g/mol. The van der Waals surface area contributed by atoms with Crippen molar-refractivity contribution in [1.29, 1.82) is 0 Å². The lowest BCUT2D eigenvalue weighted by Crippen LogP contribution is -2.42. The summed E-state index contributed by atoms with van der Waals surface area (Å²) in [5.74, 6) is -0.115. The highest BCUT2D eigenvalue weighted by Crippen LogP contribution is 2.24. The molecule has 3 atom stereocenters. The normalized spacial score (nSPS) is 23.7. The number of carbonyl (C=O) groups is 1. The van der Waals surface area contributed by atoms with E-state index in [-0.39, 0.29) is 29.7 Å². The van der Waals surface area contributed by atoms with Crippen molar-refractivity contribution >= 4 is 15.7 Å². The lowest BCUT2D eigenvalue weighted by atomic mass is 9.94. The lowest BCUT2D eigenvalue weighted by Gasteiger charge is -2.29. The van der Waals surface area contributed by atoms with Crippen LogP contribution in [0.3, 0.4) is 0 Å². The van der Waals surface area contributed by atoms with Gasteiger partial charge in [-0.25, -0.2) is 8.42 Å². The maximum Gasteiger partial charge on any atom is 0.222 e. The minimum absolute atomic E-state index is 0.0658. The second-order valence-electron chi connectivity index (χ2n) is 6.10. The van der Waals surface area contributed by atoms with Gasteiger partial charge >= 0.3 is 0 Å². The van der Waals surface area contributed by atoms with Gasteiger partial charge in [-0.2, -0.15) is 0 Å². The third-order valence-corrected chi connectivity index (χ3v) is 5.87. The summed E-state index contributed by atoms with van der Waals surface area (Å²) in [6.07, 6.45) is 4.34. The van der Waals surface area contributed by atoms with Crippen molar-refractivity contribution < 1.29 is 13.2 Å². The van der Waals surface area contributed by atoms with Gasteiger partial charge in [0.25, 0.3) is 0 Å². The predicted molar refractivity (Wildman–Crippen MR) is 87.0 cm³/mol. The Hall–Kier alpha value is -1.40. The lowest BCUT2D eigenvalue weighted by molar-refractivity contribution is -0.122. The maximum absolute atomic E-state index is 12.1. The van der Waals surface area contributed by atoms with E-state index in [1.54, 1.807) is 0 Å². The van der Waals surface area contributed by atoms with Gasteiger partial charge in [0.15, 0.2) is 0 Å². The topological polar surface area (TPSA) is 89.3 Å². The van der Waals surface area contributed by atoms with Crippen molar-refractivity contribution in [3.8, 4) is 0 Å². The van der Waals surface area contributed by atoms with Crippen LogP contribution >= 0.6 is 0 Å². The first kappa shape index (κ1) is 17.0. The zero-order valence-electron chi connectivity index (χ0n) is 12.9. The van der Waals surface area contributed by atoms with Crippen LogP contribution < -0.4 is 11.1 Å². The first-order valence-electron chi connectivity index (χ1n) is 7.65. The number of sulfone groups is 1. The standard InChI is InChI=1S/C16H24N2O3S/c1-22(20,21)14-9-5-8-13(10-14)18-16(19)11-15(17)12-6-3-2-4-7-12/h2-4,6-7,13-15H,5,8-11,17H2,1H3,(H,18,19)/t13-,14-,15-/m1/s1. The van der Waals surface area contributed by atoms with Crippen molar-refractivity contribution in [3.63, 3.8) is 0 Å². The molecule has 3 N–H and O–H groups in total. The minimum atomic E-state index is -3.04. The van der Waals surface area contributed by atoms with E-state index in [4.69, 9.17) is 5.73 Å². The number of hydrogen-bond donors (Lipinski definition) is 2. The predicted octanol–water partition coefficient (Wildman–Crippen LogP) is 1.55. The summed E-state index contributed by atoms with van der Waals surface area (Å²) in [4.78, 5) is 12.1. The van der Waals surface area contributed by atoms with E-state index in [9.17, 15) is 13.2 Å². The van der Waals surface area contributed by atoms with Crippen LogP contribution in [-0.2, 0) is 14.6 Å². The molecule has 1 amide bonds. The Kier molecular flexibility index (Phi) is 5.58. The molecule has 22 heavy (non-hydrogen) atoms. The van der Waals surface area contributed by atoms with Crippen molar-refractivity contribution in [2.24, 2.45) is 5.73 Å². The van der Waals surface area contributed by atoms with E-state index in [0.717, 1.165) is 18.4 Å². The van der Waals surface area contributed by atoms with Gasteiger partial charge in [-0.15, -0.1) is 0 Å². The van der Waals surface area contributed by atoms with Crippen LogP contribution in [0, 0.1) is 0 Å². The van der Waals surface area contributed by atoms with Crippen LogP contribution in [0.25, 0.3) is 0 Å². The van der Waals surface area contributed by atoms with E-state index in [1.165, 1.54) is 6.26 Å². The molecule has 1 saturated carbocycles. The molecule has 0 unspecified atom stereocenters. The number of amides is 1. The SMILES string of the molecule is CS(=O)(=O)[C@@H]1CCC[C@@H](NC(=O)C[C@@H](N)c2ccccc2)C1. The Bertz CT molecular complexity index is 601. The molecule has 6 heteroatoms. The molecule has 122 valence electrons. The van der Waals surface area contributed by atoms with E-state index < -0.39 is 9.84 Å². The highest BCUT2D eigenvalue weighted by atomic mass is 32.2. The van der Waals surface area contributed by atoms with Gasteiger partial charge in [0, 0.05) is 24.8 Å². The van der Waals surface area contributed by atoms with Crippen LogP contribution in [0.2, 0.25) is 0 Å². The largest absolute Gasteiger partial charge is 0.353 e. The quantitative estimate of drug-likeness (QED) is 0.860. The summed E-state index contributed by atoms with van der Waals surface area (Å²) in [6, 6.07) is 9.09. The molecule has 1 fully saturated rings. The summed E-state index contributed by atoms with van der Waals surface area (Å²) in [6.45, 7) is 0. The molecular formula is C16H24N2O3S. The van der Waals surface area contributed by atoms with E-state index >= 15 is 0 Å². The Morgan fingerprint density at radius 1 is 1.32 bits per heavy atom. The first-order valence-corrected chi connectivity index (χ1v) is 9.60. The molecule has 5 nitrogen and oxygen atoms in total. The summed E-state index contributed by atoms with van der Waals surface area (Å²) in [7, 11) is -3.04. The molecule has 1 aromatic carbocycles. The number of rotatable bonds is 5. The molecule has 0 aromatic heterocycles. The van der Waals surface area contributed by atoms with E-state index in [2.05, 4.69) is 5.32 Å². The Labute approximate surface area is 132 Å². The number of carbonyl (C=O) groups excluding carboxylic acids is 1. The zero-order chi connectivity index (χ0) is 16.2. The minimum Gasteiger partial charge on any atom is -0.353 e. The second kappa shape index (κ2) is 7.24. The fourth-order valence-electron chi connectivity index (χ4n) is 2.97. The average Bonchev–Trinajstić information content (AvgIpc) is 2.47. The summed E-state index contributed by atoms with van der Waals surface area (Å²) in [5.41, 5.74) is 6.97. The number of hydrogen-bond acceptors (Lipinski definition) is 4. The molecule has 1 aromatic rings. The Morgan fingerprint density at radius 2 is 2.00 bits per heavy atom. The molecule has 2 rings (SSSR count). The smallest absolute Gasteiger partial charge is 0.222 e. The fourth-order valence-corrected chi connectivity index (χ4v) is 4.15.